The SMILES string of the molecule is Cc1cccc(C(=O)NC(C(=O)Nc2cnc3ccccc3c2)C(C)C)c1. The molecule has 0 saturated carbocycles. The van der Waals surface area contributed by atoms with Gasteiger partial charge in [0.25, 0.3) is 5.91 Å². The van der Waals surface area contributed by atoms with Crippen LogP contribution in [0.4, 0.5) is 5.69 Å². The van der Waals surface area contributed by atoms with Crippen LogP contribution in [0.5, 0.6) is 0 Å². The highest BCUT2D eigenvalue weighted by Gasteiger charge is 2.25. The molecule has 1 heterocycles. The Morgan fingerprint density at radius 3 is 2.52 bits per heavy atom. The van der Waals surface area contributed by atoms with Gasteiger partial charge in [0.2, 0.25) is 5.91 Å². The number of para-hydroxylation sites is 1. The van der Waals surface area contributed by atoms with Crippen molar-refractivity contribution in [3.05, 3.63) is 71.9 Å². The van der Waals surface area contributed by atoms with Crippen molar-refractivity contribution in [2.24, 2.45) is 5.92 Å². The number of carbonyl (C=O) groups is 2. The molecule has 0 spiro atoms. The maximum atomic E-state index is 12.8. The molecule has 0 saturated heterocycles. The van der Waals surface area contributed by atoms with E-state index in [-0.39, 0.29) is 17.7 Å². The first kappa shape index (κ1) is 18.6. The van der Waals surface area contributed by atoms with Crippen LogP contribution in [0.3, 0.4) is 0 Å². The Balaban J connectivity index is 1.75. The molecule has 0 bridgehead atoms. The highest BCUT2D eigenvalue weighted by Crippen LogP contribution is 2.17. The van der Waals surface area contributed by atoms with Crippen molar-refractivity contribution in [2.75, 3.05) is 5.32 Å². The van der Waals surface area contributed by atoms with Gasteiger partial charge in [-0.15, -0.1) is 0 Å². The molecule has 138 valence electrons. The third kappa shape index (κ3) is 4.50. The second-order valence-corrected chi connectivity index (χ2v) is 6.97. The van der Waals surface area contributed by atoms with E-state index in [0.29, 0.717) is 11.3 Å². The van der Waals surface area contributed by atoms with Gasteiger partial charge in [-0.2, -0.15) is 0 Å². The van der Waals surface area contributed by atoms with E-state index < -0.39 is 6.04 Å². The molecule has 2 amide bonds. The number of aromatic nitrogens is 1. The number of hydrogen-bond donors (Lipinski definition) is 2. The Labute approximate surface area is 158 Å². The summed E-state index contributed by atoms with van der Waals surface area (Å²) in [5.74, 6) is -0.584. The van der Waals surface area contributed by atoms with E-state index in [4.69, 9.17) is 0 Å². The number of hydrogen-bond acceptors (Lipinski definition) is 3. The smallest absolute Gasteiger partial charge is 0.251 e. The minimum Gasteiger partial charge on any atom is -0.340 e. The number of carbonyl (C=O) groups excluding carboxylic acids is 2. The maximum absolute atomic E-state index is 12.8. The van der Waals surface area contributed by atoms with Crippen LogP contribution in [0.1, 0.15) is 29.8 Å². The van der Waals surface area contributed by atoms with Gasteiger partial charge in [-0.3, -0.25) is 14.6 Å². The van der Waals surface area contributed by atoms with Crippen molar-refractivity contribution in [1.29, 1.82) is 0 Å². The van der Waals surface area contributed by atoms with Gasteiger partial charge in [-0.05, 0) is 37.1 Å². The number of benzene rings is 2. The molecule has 1 aromatic heterocycles. The number of nitrogens with zero attached hydrogens (tertiary/aromatic N) is 1. The van der Waals surface area contributed by atoms with Gasteiger partial charge in [0, 0.05) is 10.9 Å². The van der Waals surface area contributed by atoms with Crippen molar-refractivity contribution < 1.29 is 9.59 Å². The molecule has 2 aromatic carbocycles. The first-order valence-electron chi connectivity index (χ1n) is 8.97. The molecule has 2 N–H and O–H groups in total. The van der Waals surface area contributed by atoms with E-state index in [1.54, 1.807) is 18.3 Å². The van der Waals surface area contributed by atoms with Gasteiger partial charge in [-0.1, -0.05) is 49.7 Å². The van der Waals surface area contributed by atoms with Gasteiger partial charge in [-0.25, -0.2) is 0 Å². The first-order chi connectivity index (χ1) is 12.9. The molecule has 0 fully saturated rings. The summed E-state index contributed by atoms with van der Waals surface area (Å²) in [6.45, 7) is 5.73. The Hall–Kier alpha value is -3.21. The molecule has 3 aromatic rings. The predicted octanol–water partition coefficient (Wildman–Crippen LogP) is 3.94. The second-order valence-electron chi connectivity index (χ2n) is 6.97. The van der Waals surface area contributed by atoms with E-state index in [9.17, 15) is 9.59 Å². The van der Waals surface area contributed by atoms with Crippen molar-refractivity contribution in [1.82, 2.24) is 10.3 Å². The first-order valence-corrected chi connectivity index (χ1v) is 8.97. The average molecular weight is 361 g/mol. The normalized spacial score (nSPS) is 12.0. The molecule has 0 aliphatic rings. The lowest BCUT2D eigenvalue weighted by Gasteiger charge is -2.22. The fourth-order valence-electron chi connectivity index (χ4n) is 2.91. The summed E-state index contributed by atoms with van der Waals surface area (Å²) >= 11 is 0. The monoisotopic (exact) mass is 361 g/mol. The second kappa shape index (κ2) is 7.99. The highest BCUT2D eigenvalue weighted by atomic mass is 16.2. The number of amides is 2. The van der Waals surface area contributed by atoms with Gasteiger partial charge in [0.15, 0.2) is 0 Å². The summed E-state index contributed by atoms with van der Waals surface area (Å²) in [6, 6.07) is 16.2. The number of pyridine rings is 1. The van der Waals surface area contributed by atoms with E-state index >= 15 is 0 Å². The lowest BCUT2D eigenvalue weighted by atomic mass is 10.0. The van der Waals surface area contributed by atoms with Gasteiger partial charge in [0.05, 0.1) is 17.4 Å². The Kier molecular flexibility index (Phi) is 5.50. The van der Waals surface area contributed by atoms with Gasteiger partial charge < -0.3 is 10.6 Å². The molecule has 5 heteroatoms. The summed E-state index contributed by atoms with van der Waals surface area (Å²) in [7, 11) is 0. The average Bonchev–Trinajstić information content (AvgIpc) is 2.65. The number of fused-ring (bicyclic) bond motifs is 1. The molecule has 0 radical (unpaired) electrons. The fourth-order valence-corrected chi connectivity index (χ4v) is 2.91. The molecule has 0 aliphatic heterocycles. The topological polar surface area (TPSA) is 71.1 Å². The van der Waals surface area contributed by atoms with Crippen LogP contribution in [0.25, 0.3) is 10.9 Å². The Bertz CT molecular complexity index is 982. The highest BCUT2D eigenvalue weighted by molar-refractivity contribution is 6.01. The minimum atomic E-state index is -0.649. The molecule has 0 aliphatic carbocycles. The van der Waals surface area contributed by atoms with Crippen LogP contribution in [0, 0.1) is 12.8 Å². The van der Waals surface area contributed by atoms with Crippen LogP contribution < -0.4 is 10.6 Å². The lowest BCUT2D eigenvalue weighted by molar-refractivity contribution is -0.118. The fraction of sp³-hybridized carbons (Fsp3) is 0.227. The van der Waals surface area contributed by atoms with E-state index in [2.05, 4.69) is 15.6 Å². The summed E-state index contributed by atoms with van der Waals surface area (Å²) in [6.07, 6.45) is 1.62. The van der Waals surface area contributed by atoms with Crippen LogP contribution in [-0.4, -0.2) is 22.8 Å². The molecule has 27 heavy (non-hydrogen) atoms. The predicted molar refractivity (Wildman–Crippen MR) is 108 cm³/mol. The molecular weight excluding hydrogens is 338 g/mol. The van der Waals surface area contributed by atoms with E-state index in [0.717, 1.165) is 16.5 Å². The number of rotatable bonds is 5. The Morgan fingerprint density at radius 1 is 1.00 bits per heavy atom. The molecular formula is C22H23N3O2. The van der Waals surface area contributed by atoms with E-state index in [1.807, 2.05) is 63.2 Å². The van der Waals surface area contributed by atoms with Crippen molar-refractivity contribution in [2.45, 2.75) is 26.8 Å². The van der Waals surface area contributed by atoms with E-state index in [1.165, 1.54) is 0 Å². The summed E-state index contributed by atoms with van der Waals surface area (Å²) < 4.78 is 0. The molecule has 5 nitrogen and oxygen atoms in total. The van der Waals surface area contributed by atoms with Crippen LogP contribution in [0.2, 0.25) is 0 Å². The van der Waals surface area contributed by atoms with Gasteiger partial charge >= 0.3 is 0 Å². The van der Waals surface area contributed by atoms with Crippen LogP contribution in [-0.2, 0) is 4.79 Å². The van der Waals surface area contributed by atoms with Crippen molar-refractivity contribution >= 4 is 28.4 Å². The lowest BCUT2D eigenvalue weighted by Crippen LogP contribution is -2.47. The number of aryl methyl sites for hydroxylation is 1. The number of nitrogens with one attached hydrogen (secondary N) is 2. The third-order valence-corrected chi connectivity index (χ3v) is 4.37. The molecule has 3 rings (SSSR count). The van der Waals surface area contributed by atoms with Crippen LogP contribution in [0.15, 0.2) is 60.8 Å². The standard InChI is InChI=1S/C22H23N3O2/c1-14(2)20(25-21(26)17-9-6-7-15(3)11-17)22(27)24-18-12-16-8-4-5-10-19(16)23-13-18/h4-14,20H,1-3H3,(H,24,27)(H,25,26). The third-order valence-electron chi connectivity index (χ3n) is 4.37. The van der Waals surface area contributed by atoms with Crippen LogP contribution >= 0.6 is 0 Å². The van der Waals surface area contributed by atoms with Crippen molar-refractivity contribution in [3.8, 4) is 0 Å². The molecule has 1 atom stereocenters. The summed E-state index contributed by atoms with van der Waals surface area (Å²) in [4.78, 5) is 29.7. The summed E-state index contributed by atoms with van der Waals surface area (Å²) in [5, 5.41) is 6.66. The maximum Gasteiger partial charge on any atom is 0.251 e. The summed E-state index contributed by atoms with van der Waals surface area (Å²) in [5.41, 5.74) is 3.01. The largest absolute Gasteiger partial charge is 0.340 e. The zero-order valence-electron chi connectivity index (χ0n) is 15.7. The quantitative estimate of drug-likeness (QED) is 0.723. The van der Waals surface area contributed by atoms with Crippen molar-refractivity contribution in [3.63, 3.8) is 0 Å². The zero-order valence-corrected chi connectivity index (χ0v) is 15.7. The van der Waals surface area contributed by atoms with Gasteiger partial charge in [0.1, 0.15) is 6.04 Å². The molecule has 1 unspecified atom stereocenters. The number of anilines is 1. The Morgan fingerprint density at radius 2 is 1.78 bits per heavy atom. The minimum absolute atomic E-state index is 0.0628. The zero-order chi connectivity index (χ0) is 19.4.